The number of carbonyl (C=O) groups excluding carboxylic acids is 1. The van der Waals surface area contributed by atoms with Crippen LogP contribution in [0.5, 0.6) is 0 Å². The first kappa shape index (κ1) is 15.0. The molecule has 0 spiro atoms. The number of nitrogens with zero attached hydrogens (tertiary/aromatic N) is 3. The molecule has 1 aliphatic heterocycles. The van der Waals surface area contributed by atoms with Gasteiger partial charge in [0.25, 0.3) is 18.0 Å². The standard InChI is InChI=1S/C12H11F2N3O4/c1-7-6-12(19,11(13)14)16(15-7)10(18)8-2-4-9(5-3-8)17(20)21/h2-5,11,19H,6H2,1H3. The lowest BCUT2D eigenvalue weighted by atomic mass is 10.1. The molecular weight excluding hydrogens is 288 g/mol. The molecule has 21 heavy (non-hydrogen) atoms. The number of carbonyl (C=O) groups is 1. The van der Waals surface area contributed by atoms with Gasteiger partial charge in [-0.05, 0) is 19.1 Å². The van der Waals surface area contributed by atoms with Gasteiger partial charge in [-0.3, -0.25) is 14.9 Å². The fourth-order valence-electron chi connectivity index (χ4n) is 1.98. The highest BCUT2D eigenvalue weighted by Crippen LogP contribution is 2.32. The first-order valence-electron chi connectivity index (χ1n) is 5.89. The third kappa shape index (κ3) is 2.59. The van der Waals surface area contributed by atoms with E-state index in [1.807, 2.05) is 0 Å². The first-order valence-corrected chi connectivity index (χ1v) is 5.89. The minimum Gasteiger partial charge on any atom is -0.364 e. The molecule has 9 heteroatoms. The zero-order chi connectivity index (χ0) is 15.8. The van der Waals surface area contributed by atoms with E-state index in [2.05, 4.69) is 5.10 Å². The summed E-state index contributed by atoms with van der Waals surface area (Å²) in [4.78, 5) is 22.0. The molecule has 0 saturated heterocycles. The van der Waals surface area contributed by atoms with Gasteiger partial charge < -0.3 is 5.11 Å². The Morgan fingerprint density at radius 1 is 1.48 bits per heavy atom. The number of amides is 1. The summed E-state index contributed by atoms with van der Waals surface area (Å²) in [5.41, 5.74) is -2.83. The van der Waals surface area contributed by atoms with Crippen LogP contribution in [0.2, 0.25) is 0 Å². The van der Waals surface area contributed by atoms with Crippen LogP contribution in [0.3, 0.4) is 0 Å². The molecule has 1 amide bonds. The van der Waals surface area contributed by atoms with Crippen LogP contribution in [-0.4, -0.2) is 38.8 Å². The highest BCUT2D eigenvalue weighted by atomic mass is 19.3. The van der Waals surface area contributed by atoms with Crippen molar-refractivity contribution in [1.82, 2.24) is 5.01 Å². The zero-order valence-corrected chi connectivity index (χ0v) is 10.9. The second-order valence-corrected chi connectivity index (χ2v) is 4.61. The van der Waals surface area contributed by atoms with Crippen LogP contribution in [-0.2, 0) is 0 Å². The molecule has 1 atom stereocenters. The average Bonchev–Trinajstić information content (AvgIpc) is 2.74. The summed E-state index contributed by atoms with van der Waals surface area (Å²) in [5.74, 6) is -0.954. The fraction of sp³-hybridized carbons (Fsp3) is 0.333. The molecule has 0 bridgehead atoms. The van der Waals surface area contributed by atoms with E-state index in [0.29, 0.717) is 5.01 Å². The zero-order valence-electron chi connectivity index (χ0n) is 10.9. The van der Waals surface area contributed by atoms with Crippen molar-refractivity contribution < 1.29 is 23.6 Å². The van der Waals surface area contributed by atoms with Crippen LogP contribution in [0.25, 0.3) is 0 Å². The summed E-state index contributed by atoms with van der Waals surface area (Å²) >= 11 is 0. The minimum atomic E-state index is -3.19. The van der Waals surface area contributed by atoms with Gasteiger partial charge in [-0.15, -0.1) is 0 Å². The summed E-state index contributed by atoms with van der Waals surface area (Å²) in [7, 11) is 0. The number of nitro benzene ring substituents is 1. The smallest absolute Gasteiger partial charge is 0.287 e. The number of halogens is 2. The van der Waals surface area contributed by atoms with Crippen LogP contribution < -0.4 is 0 Å². The lowest BCUT2D eigenvalue weighted by molar-refractivity contribution is -0.384. The number of benzene rings is 1. The van der Waals surface area contributed by atoms with E-state index in [-0.39, 0.29) is 17.0 Å². The number of hydrogen-bond donors (Lipinski definition) is 1. The van der Waals surface area contributed by atoms with Gasteiger partial charge in [0.05, 0.1) is 4.92 Å². The van der Waals surface area contributed by atoms with Crippen LogP contribution >= 0.6 is 0 Å². The third-order valence-corrected chi connectivity index (χ3v) is 3.02. The Kier molecular flexibility index (Phi) is 3.69. The number of rotatable bonds is 3. The molecule has 0 aromatic heterocycles. The second-order valence-electron chi connectivity index (χ2n) is 4.61. The van der Waals surface area contributed by atoms with Crippen molar-refractivity contribution in [2.45, 2.75) is 25.5 Å². The van der Waals surface area contributed by atoms with Gasteiger partial charge in [-0.25, -0.2) is 8.78 Å². The molecule has 1 aromatic rings. The predicted octanol–water partition coefficient (Wildman–Crippen LogP) is 1.77. The van der Waals surface area contributed by atoms with Crippen molar-refractivity contribution in [1.29, 1.82) is 0 Å². The SMILES string of the molecule is CC1=NN(C(=O)c2ccc([N+](=O)[O-])cc2)C(O)(C(F)F)C1. The number of alkyl halides is 2. The van der Waals surface area contributed by atoms with Crippen molar-refractivity contribution in [2.75, 3.05) is 0 Å². The van der Waals surface area contributed by atoms with Crippen LogP contribution in [0.15, 0.2) is 29.4 Å². The highest BCUT2D eigenvalue weighted by molar-refractivity contribution is 5.97. The molecule has 2 rings (SSSR count). The van der Waals surface area contributed by atoms with Crippen molar-refractivity contribution in [3.8, 4) is 0 Å². The molecule has 0 radical (unpaired) electrons. The molecule has 1 unspecified atom stereocenters. The van der Waals surface area contributed by atoms with Crippen LogP contribution in [0, 0.1) is 10.1 Å². The van der Waals surface area contributed by atoms with Gasteiger partial charge in [0.15, 0.2) is 0 Å². The molecule has 112 valence electrons. The summed E-state index contributed by atoms with van der Waals surface area (Å²) < 4.78 is 26.0. The fourth-order valence-corrected chi connectivity index (χ4v) is 1.98. The van der Waals surface area contributed by atoms with E-state index in [9.17, 15) is 28.8 Å². The molecule has 7 nitrogen and oxygen atoms in total. The number of hydrogen-bond acceptors (Lipinski definition) is 5. The Labute approximate surface area is 117 Å². The quantitative estimate of drug-likeness (QED) is 0.679. The summed E-state index contributed by atoms with van der Waals surface area (Å²) in [6, 6.07) is 4.38. The molecule has 1 heterocycles. The Bertz CT molecular complexity index is 617. The van der Waals surface area contributed by atoms with E-state index < -0.39 is 29.4 Å². The Morgan fingerprint density at radius 2 is 2.05 bits per heavy atom. The number of aliphatic hydroxyl groups is 1. The molecule has 1 aliphatic rings. The summed E-state index contributed by atoms with van der Waals surface area (Å²) in [6.45, 7) is 1.41. The Morgan fingerprint density at radius 3 is 2.52 bits per heavy atom. The second kappa shape index (κ2) is 5.17. The maximum absolute atomic E-state index is 13.0. The van der Waals surface area contributed by atoms with Crippen molar-refractivity contribution >= 4 is 17.3 Å². The van der Waals surface area contributed by atoms with Gasteiger partial charge in [0.1, 0.15) is 0 Å². The highest BCUT2D eigenvalue weighted by Gasteiger charge is 2.51. The number of non-ortho nitro benzene ring substituents is 1. The summed E-state index contributed by atoms with van der Waals surface area (Å²) in [6.07, 6.45) is -3.65. The van der Waals surface area contributed by atoms with Crippen molar-refractivity contribution in [3.05, 3.63) is 39.9 Å². The van der Waals surface area contributed by atoms with Crippen molar-refractivity contribution in [2.24, 2.45) is 5.10 Å². The first-order chi connectivity index (χ1) is 9.75. The van der Waals surface area contributed by atoms with Crippen LogP contribution in [0.1, 0.15) is 23.7 Å². The molecule has 1 N–H and O–H groups in total. The van der Waals surface area contributed by atoms with Crippen molar-refractivity contribution in [3.63, 3.8) is 0 Å². The normalized spacial score (nSPS) is 21.6. The maximum Gasteiger partial charge on any atom is 0.287 e. The molecular formula is C12H11F2N3O4. The molecule has 1 aromatic carbocycles. The Balaban J connectivity index is 2.32. The largest absolute Gasteiger partial charge is 0.364 e. The van der Waals surface area contributed by atoms with E-state index in [1.54, 1.807) is 0 Å². The van der Waals surface area contributed by atoms with Gasteiger partial charge in [0.2, 0.25) is 5.72 Å². The number of hydrazone groups is 1. The average molecular weight is 299 g/mol. The molecule has 0 saturated carbocycles. The van der Waals surface area contributed by atoms with E-state index in [1.165, 1.54) is 6.92 Å². The van der Waals surface area contributed by atoms with Crippen LogP contribution in [0.4, 0.5) is 14.5 Å². The van der Waals surface area contributed by atoms with E-state index in [0.717, 1.165) is 24.3 Å². The van der Waals surface area contributed by atoms with E-state index in [4.69, 9.17) is 0 Å². The molecule has 0 fully saturated rings. The van der Waals surface area contributed by atoms with Gasteiger partial charge >= 0.3 is 0 Å². The lowest BCUT2D eigenvalue weighted by Gasteiger charge is -2.30. The monoisotopic (exact) mass is 299 g/mol. The van der Waals surface area contributed by atoms with Gasteiger partial charge in [0, 0.05) is 29.8 Å². The maximum atomic E-state index is 13.0. The lowest BCUT2D eigenvalue weighted by Crippen LogP contribution is -2.51. The topological polar surface area (TPSA) is 96.0 Å². The Hall–Kier alpha value is -2.42. The minimum absolute atomic E-state index is 0.0851. The summed E-state index contributed by atoms with van der Waals surface area (Å²) in [5, 5.41) is 24.4. The van der Waals surface area contributed by atoms with E-state index >= 15 is 0 Å². The predicted molar refractivity (Wildman–Crippen MR) is 67.9 cm³/mol. The molecule has 0 aliphatic carbocycles. The van der Waals surface area contributed by atoms with Gasteiger partial charge in [-0.2, -0.15) is 10.1 Å². The van der Waals surface area contributed by atoms with Gasteiger partial charge in [-0.1, -0.05) is 0 Å². The third-order valence-electron chi connectivity index (χ3n) is 3.02. The number of nitro groups is 1.